The van der Waals surface area contributed by atoms with Crippen molar-refractivity contribution in [1.82, 2.24) is 19.8 Å². The standard InChI is InChI=1S/C17H24N4O3/c1-11(2)15-18-10-13(16(23)19-15)17(24)20-8-5-12(6-9-20)21-7-3-4-14(21)22/h10-12H,3-9H2,1-2H3,(H,18,19,23). The molecule has 0 atom stereocenters. The van der Waals surface area contributed by atoms with Crippen molar-refractivity contribution >= 4 is 11.8 Å². The first kappa shape index (κ1) is 16.7. The summed E-state index contributed by atoms with van der Waals surface area (Å²) < 4.78 is 0. The van der Waals surface area contributed by atoms with Crippen LogP contribution in [0.4, 0.5) is 0 Å². The molecule has 0 aromatic carbocycles. The van der Waals surface area contributed by atoms with Crippen LogP contribution in [-0.2, 0) is 4.79 Å². The normalized spacial score (nSPS) is 19.4. The maximum atomic E-state index is 12.6. The summed E-state index contributed by atoms with van der Waals surface area (Å²) >= 11 is 0. The molecular formula is C17H24N4O3. The van der Waals surface area contributed by atoms with E-state index in [9.17, 15) is 14.4 Å². The van der Waals surface area contributed by atoms with E-state index in [2.05, 4.69) is 9.97 Å². The van der Waals surface area contributed by atoms with Crippen LogP contribution in [0.25, 0.3) is 0 Å². The second kappa shape index (κ2) is 6.75. The minimum absolute atomic E-state index is 0.0927. The van der Waals surface area contributed by atoms with Crippen molar-refractivity contribution in [2.45, 2.75) is 51.5 Å². The lowest BCUT2D eigenvalue weighted by molar-refractivity contribution is -0.130. The highest BCUT2D eigenvalue weighted by Gasteiger charge is 2.32. The lowest BCUT2D eigenvalue weighted by atomic mass is 10.0. The smallest absolute Gasteiger partial charge is 0.263 e. The van der Waals surface area contributed by atoms with Crippen molar-refractivity contribution in [3.8, 4) is 0 Å². The van der Waals surface area contributed by atoms with Gasteiger partial charge in [-0.3, -0.25) is 14.4 Å². The number of aromatic amines is 1. The Balaban J connectivity index is 1.65. The molecule has 3 heterocycles. The topological polar surface area (TPSA) is 86.4 Å². The number of rotatable bonds is 3. The van der Waals surface area contributed by atoms with Crippen molar-refractivity contribution in [1.29, 1.82) is 0 Å². The molecule has 24 heavy (non-hydrogen) atoms. The largest absolute Gasteiger partial charge is 0.340 e. The molecule has 7 nitrogen and oxygen atoms in total. The quantitative estimate of drug-likeness (QED) is 0.899. The van der Waals surface area contributed by atoms with Crippen molar-refractivity contribution in [2.75, 3.05) is 19.6 Å². The number of aromatic nitrogens is 2. The number of nitrogens with one attached hydrogen (secondary N) is 1. The van der Waals surface area contributed by atoms with Crippen LogP contribution in [0.1, 0.15) is 61.6 Å². The Hall–Kier alpha value is -2.18. The van der Waals surface area contributed by atoms with Gasteiger partial charge in [0.2, 0.25) is 5.91 Å². The van der Waals surface area contributed by atoms with Crippen LogP contribution in [0.15, 0.2) is 11.0 Å². The van der Waals surface area contributed by atoms with Crippen LogP contribution in [-0.4, -0.2) is 57.3 Å². The number of H-pyrrole nitrogens is 1. The van der Waals surface area contributed by atoms with E-state index in [0.29, 0.717) is 25.3 Å². The lowest BCUT2D eigenvalue weighted by Gasteiger charge is -2.36. The predicted octanol–water partition coefficient (Wildman–Crippen LogP) is 1.12. The summed E-state index contributed by atoms with van der Waals surface area (Å²) in [6.07, 6.45) is 4.50. The first-order valence-corrected chi connectivity index (χ1v) is 8.65. The molecule has 0 unspecified atom stereocenters. The average molecular weight is 332 g/mol. The summed E-state index contributed by atoms with van der Waals surface area (Å²) in [6, 6.07) is 0.226. The number of hydrogen-bond acceptors (Lipinski definition) is 4. The number of likely N-dealkylation sites (tertiary alicyclic amines) is 2. The summed E-state index contributed by atoms with van der Waals surface area (Å²) in [7, 11) is 0. The van der Waals surface area contributed by atoms with E-state index in [4.69, 9.17) is 0 Å². The third-order valence-corrected chi connectivity index (χ3v) is 4.90. The second-order valence-corrected chi connectivity index (χ2v) is 6.88. The van der Waals surface area contributed by atoms with Gasteiger partial charge in [0.25, 0.3) is 11.5 Å². The minimum atomic E-state index is -0.379. The SMILES string of the molecule is CC(C)c1ncc(C(=O)N2CCC(N3CCCC3=O)CC2)c(=O)[nH]1. The maximum absolute atomic E-state index is 12.6. The Morgan fingerprint density at radius 1 is 1.25 bits per heavy atom. The highest BCUT2D eigenvalue weighted by atomic mass is 16.2. The van der Waals surface area contributed by atoms with E-state index < -0.39 is 0 Å². The minimum Gasteiger partial charge on any atom is -0.340 e. The summed E-state index contributed by atoms with van der Waals surface area (Å²) in [5.74, 6) is 0.647. The van der Waals surface area contributed by atoms with Gasteiger partial charge in [0, 0.05) is 44.2 Å². The van der Waals surface area contributed by atoms with Gasteiger partial charge in [-0.25, -0.2) is 4.98 Å². The molecule has 0 bridgehead atoms. The van der Waals surface area contributed by atoms with Gasteiger partial charge in [-0.05, 0) is 19.3 Å². The number of amides is 2. The zero-order valence-corrected chi connectivity index (χ0v) is 14.2. The van der Waals surface area contributed by atoms with E-state index in [1.54, 1.807) is 4.90 Å². The van der Waals surface area contributed by atoms with E-state index in [1.807, 2.05) is 18.7 Å². The summed E-state index contributed by atoms with van der Waals surface area (Å²) in [5.41, 5.74) is -0.286. The van der Waals surface area contributed by atoms with Crippen LogP contribution in [0.3, 0.4) is 0 Å². The molecule has 7 heteroatoms. The van der Waals surface area contributed by atoms with E-state index >= 15 is 0 Å². The van der Waals surface area contributed by atoms with Gasteiger partial charge in [0.15, 0.2) is 0 Å². The number of piperidine rings is 1. The average Bonchev–Trinajstić information content (AvgIpc) is 3.00. The molecule has 0 radical (unpaired) electrons. The van der Waals surface area contributed by atoms with Gasteiger partial charge in [-0.2, -0.15) is 0 Å². The molecule has 3 rings (SSSR count). The monoisotopic (exact) mass is 332 g/mol. The first-order valence-electron chi connectivity index (χ1n) is 8.65. The number of hydrogen-bond donors (Lipinski definition) is 1. The van der Waals surface area contributed by atoms with E-state index in [0.717, 1.165) is 25.8 Å². The molecule has 1 N–H and O–H groups in total. The summed E-state index contributed by atoms with van der Waals surface area (Å²) in [5, 5.41) is 0. The number of carbonyl (C=O) groups excluding carboxylic acids is 2. The van der Waals surface area contributed by atoms with Crippen molar-refractivity contribution in [2.24, 2.45) is 0 Å². The molecule has 1 aromatic rings. The van der Waals surface area contributed by atoms with Gasteiger partial charge in [-0.1, -0.05) is 13.8 Å². The van der Waals surface area contributed by atoms with Gasteiger partial charge in [0.1, 0.15) is 11.4 Å². The third-order valence-electron chi connectivity index (χ3n) is 4.90. The van der Waals surface area contributed by atoms with Gasteiger partial charge >= 0.3 is 0 Å². The highest BCUT2D eigenvalue weighted by molar-refractivity contribution is 5.93. The Bertz CT molecular complexity index is 689. The first-order chi connectivity index (χ1) is 11.5. The van der Waals surface area contributed by atoms with Crippen molar-refractivity contribution in [3.63, 3.8) is 0 Å². The molecule has 130 valence electrons. The van der Waals surface area contributed by atoms with Crippen molar-refractivity contribution < 1.29 is 9.59 Å². The highest BCUT2D eigenvalue weighted by Crippen LogP contribution is 2.22. The van der Waals surface area contributed by atoms with Crippen LogP contribution >= 0.6 is 0 Å². The molecule has 2 amide bonds. The zero-order chi connectivity index (χ0) is 17.3. The molecule has 2 fully saturated rings. The fraction of sp³-hybridized carbons (Fsp3) is 0.647. The number of nitrogens with zero attached hydrogens (tertiary/aromatic N) is 3. The second-order valence-electron chi connectivity index (χ2n) is 6.88. The predicted molar refractivity (Wildman–Crippen MR) is 88.8 cm³/mol. The fourth-order valence-corrected chi connectivity index (χ4v) is 3.46. The van der Waals surface area contributed by atoms with E-state index in [1.165, 1.54) is 6.20 Å². The molecule has 2 aliphatic rings. The Kier molecular flexibility index (Phi) is 4.69. The van der Waals surface area contributed by atoms with Crippen LogP contribution in [0.2, 0.25) is 0 Å². The zero-order valence-electron chi connectivity index (χ0n) is 14.2. The molecule has 0 aliphatic carbocycles. The third kappa shape index (κ3) is 3.20. The Labute approximate surface area is 141 Å². The molecular weight excluding hydrogens is 308 g/mol. The Morgan fingerprint density at radius 2 is 1.96 bits per heavy atom. The fourth-order valence-electron chi connectivity index (χ4n) is 3.46. The molecule has 2 aliphatic heterocycles. The van der Waals surface area contributed by atoms with Crippen LogP contribution in [0, 0.1) is 0 Å². The van der Waals surface area contributed by atoms with E-state index in [-0.39, 0.29) is 34.9 Å². The molecule has 2 saturated heterocycles. The van der Waals surface area contributed by atoms with Crippen LogP contribution in [0.5, 0.6) is 0 Å². The van der Waals surface area contributed by atoms with Crippen molar-refractivity contribution in [3.05, 3.63) is 27.9 Å². The molecule has 0 saturated carbocycles. The Morgan fingerprint density at radius 3 is 2.50 bits per heavy atom. The lowest BCUT2D eigenvalue weighted by Crippen LogP contribution is -2.47. The van der Waals surface area contributed by atoms with Gasteiger partial charge in [0.05, 0.1) is 0 Å². The van der Waals surface area contributed by atoms with Gasteiger partial charge < -0.3 is 14.8 Å². The summed E-state index contributed by atoms with van der Waals surface area (Å²) in [6.45, 7) is 5.84. The maximum Gasteiger partial charge on any atom is 0.263 e. The molecule has 0 spiro atoms. The summed E-state index contributed by atoms with van der Waals surface area (Å²) in [4.78, 5) is 47.1. The number of carbonyl (C=O) groups is 2. The van der Waals surface area contributed by atoms with Crippen LogP contribution < -0.4 is 5.56 Å². The molecule has 1 aromatic heterocycles. The van der Waals surface area contributed by atoms with Gasteiger partial charge in [-0.15, -0.1) is 0 Å².